The summed E-state index contributed by atoms with van der Waals surface area (Å²) >= 11 is 12.9. The highest BCUT2D eigenvalue weighted by atomic mass is 79.9. The molecular weight excluding hydrogens is 376 g/mol. The van der Waals surface area contributed by atoms with Crippen molar-refractivity contribution >= 4 is 66.3 Å². The molecule has 0 aliphatic heterocycles. The Hall–Kier alpha value is 0.0200. The minimum atomic E-state index is -0.112. The van der Waals surface area contributed by atoms with E-state index in [0.29, 0.717) is 16.4 Å². The maximum absolute atomic E-state index is 11.7. The molecule has 0 bridgehead atoms. The van der Waals surface area contributed by atoms with E-state index in [-0.39, 0.29) is 11.8 Å². The molecule has 1 aromatic heterocycles. The van der Waals surface area contributed by atoms with E-state index in [1.54, 1.807) is 6.07 Å². The van der Waals surface area contributed by atoms with Crippen LogP contribution in [0.4, 0.5) is 0 Å². The summed E-state index contributed by atoms with van der Waals surface area (Å²) in [4.78, 5) is 12.8. The summed E-state index contributed by atoms with van der Waals surface area (Å²) < 4.78 is 1.78. The molecule has 0 aliphatic carbocycles. The molecule has 0 saturated heterocycles. The third-order valence-electron chi connectivity index (χ3n) is 1.92. The number of thiocarbonyl (C=S) groups is 1. The third kappa shape index (κ3) is 3.80. The monoisotopic (exact) mass is 384 g/mol. The van der Waals surface area contributed by atoms with Crippen molar-refractivity contribution in [2.45, 2.75) is 6.92 Å². The molecule has 0 fully saturated rings. The van der Waals surface area contributed by atoms with Gasteiger partial charge in [0.1, 0.15) is 0 Å². The normalized spacial score (nSPS) is 12.2. The molecular formula is C9H10Br2N2OS2. The van der Waals surface area contributed by atoms with E-state index in [4.69, 9.17) is 18.0 Å². The molecule has 0 aliphatic rings. The van der Waals surface area contributed by atoms with Crippen LogP contribution in [0.2, 0.25) is 0 Å². The average Bonchev–Trinajstić information content (AvgIpc) is 2.55. The quantitative estimate of drug-likeness (QED) is 0.783. The molecule has 3 nitrogen and oxygen atoms in total. The van der Waals surface area contributed by atoms with Crippen molar-refractivity contribution < 1.29 is 4.79 Å². The van der Waals surface area contributed by atoms with Crippen molar-refractivity contribution in [3.05, 3.63) is 19.2 Å². The Kier molecular flexibility index (Phi) is 5.36. The van der Waals surface area contributed by atoms with Gasteiger partial charge in [-0.05, 0) is 37.9 Å². The fourth-order valence-corrected chi connectivity index (χ4v) is 2.93. The van der Waals surface area contributed by atoms with Crippen molar-refractivity contribution in [1.29, 1.82) is 0 Å². The van der Waals surface area contributed by atoms with Crippen molar-refractivity contribution in [2.24, 2.45) is 11.7 Å². The maximum atomic E-state index is 11.7. The van der Waals surface area contributed by atoms with Gasteiger partial charge in [0.2, 0.25) is 0 Å². The zero-order valence-electron chi connectivity index (χ0n) is 8.42. The topological polar surface area (TPSA) is 55.1 Å². The first kappa shape index (κ1) is 14.1. The Balaban J connectivity index is 2.56. The molecule has 1 amide bonds. The van der Waals surface area contributed by atoms with Crippen LogP contribution in [0.3, 0.4) is 0 Å². The molecule has 7 heteroatoms. The summed E-state index contributed by atoms with van der Waals surface area (Å²) in [5, 5.41) is 2.78. The largest absolute Gasteiger partial charge is 0.393 e. The first-order chi connectivity index (χ1) is 7.41. The lowest BCUT2D eigenvalue weighted by molar-refractivity contribution is 0.0955. The van der Waals surface area contributed by atoms with Crippen molar-refractivity contribution in [3.8, 4) is 0 Å². The zero-order chi connectivity index (χ0) is 12.3. The summed E-state index contributed by atoms with van der Waals surface area (Å²) in [6, 6.07) is 1.77. The van der Waals surface area contributed by atoms with Crippen LogP contribution in [0.1, 0.15) is 16.6 Å². The van der Waals surface area contributed by atoms with E-state index < -0.39 is 0 Å². The van der Waals surface area contributed by atoms with Crippen LogP contribution in [0.25, 0.3) is 0 Å². The summed E-state index contributed by atoms with van der Waals surface area (Å²) in [5.74, 6) is -0.106. The Bertz CT molecular complexity index is 400. The standard InChI is InChI=1S/C9H10Br2N2OS2/c1-4(8(12)15)3-13-9(14)6-2-5(10)7(11)16-6/h2,4H,3H2,1H3,(H2,12,15)(H,13,14). The molecule has 1 rings (SSSR count). The maximum Gasteiger partial charge on any atom is 0.261 e. The Morgan fingerprint density at radius 1 is 1.69 bits per heavy atom. The van der Waals surface area contributed by atoms with Crippen molar-refractivity contribution in [3.63, 3.8) is 0 Å². The number of rotatable bonds is 4. The van der Waals surface area contributed by atoms with Gasteiger partial charge in [0.05, 0.1) is 13.7 Å². The zero-order valence-corrected chi connectivity index (χ0v) is 13.2. The predicted molar refractivity (Wildman–Crippen MR) is 78.0 cm³/mol. The summed E-state index contributed by atoms with van der Waals surface area (Å²) in [5.41, 5.74) is 5.46. The number of thiophene rings is 1. The van der Waals surface area contributed by atoms with E-state index in [9.17, 15) is 4.79 Å². The first-order valence-corrected chi connectivity index (χ1v) is 7.25. The molecule has 88 valence electrons. The van der Waals surface area contributed by atoms with Gasteiger partial charge in [-0.25, -0.2) is 0 Å². The molecule has 16 heavy (non-hydrogen) atoms. The van der Waals surface area contributed by atoms with Gasteiger partial charge in [0.15, 0.2) is 0 Å². The van der Waals surface area contributed by atoms with Gasteiger partial charge in [-0.3, -0.25) is 4.79 Å². The molecule has 3 N–H and O–H groups in total. The van der Waals surface area contributed by atoms with Gasteiger partial charge in [-0.1, -0.05) is 19.1 Å². The van der Waals surface area contributed by atoms with Crippen LogP contribution in [0.5, 0.6) is 0 Å². The highest BCUT2D eigenvalue weighted by molar-refractivity contribution is 9.13. The fraction of sp³-hybridized carbons (Fsp3) is 0.333. The molecule has 0 radical (unpaired) electrons. The number of carbonyl (C=O) groups is 1. The smallest absolute Gasteiger partial charge is 0.261 e. The van der Waals surface area contributed by atoms with Crippen LogP contribution in [0, 0.1) is 5.92 Å². The number of hydrogen-bond acceptors (Lipinski definition) is 3. The molecule has 1 atom stereocenters. The van der Waals surface area contributed by atoms with Crippen LogP contribution >= 0.6 is 55.4 Å². The molecule has 1 aromatic rings. The number of carbonyl (C=O) groups excluding carboxylic acids is 1. The Morgan fingerprint density at radius 2 is 2.31 bits per heavy atom. The van der Waals surface area contributed by atoms with Gasteiger partial charge < -0.3 is 11.1 Å². The van der Waals surface area contributed by atoms with E-state index >= 15 is 0 Å². The molecule has 0 saturated carbocycles. The highest BCUT2D eigenvalue weighted by Gasteiger charge is 2.13. The molecule has 0 spiro atoms. The number of nitrogens with two attached hydrogens (primary N) is 1. The van der Waals surface area contributed by atoms with E-state index in [1.165, 1.54) is 11.3 Å². The van der Waals surface area contributed by atoms with Gasteiger partial charge in [0, 0.05) is 16.9 Å². The van der Waals surface area contributed by atoms with Gasteiger partial charge >= 0.3 is 0 Å². The molecule has 1 heterocycles. The third-order valence-corrected chi connectivity index (χ3v) is 5.58. The Labute approximate surface area is 120 Å². The summed E-state index contributed by atoms with van der Waals surface area (Å²) in [7, 11) is 0. The lowest BCUT2D eigenvalue weighted by Gasteiger charge is -2.09. The number of hydrogen-bond donors (Lipinski definition) is 2. The average molecular weight is 386 g/mol. The van der Waals surface area contributed by atoms with Crippen molar-refractivity contribution in [1.82, 2.24) is 5.32 Å². The molecule has 1 unspecified atom stereocenters. The minimum absolute atomic E-state index is 0.00536. The summed E-state index contributed by atoms with van der Waals surface area (Å²) in [6.07, 6.45) is 0. The highest BCUT2D eigenvalue weighted by Crippen LogP contribution is 2.32. The Morgan fingerprint density at radius 3 is 2.75 bits per heavy atom. The van der Waals surface area contributed by atoms with Crippen LogP contribution in [-0.2, 0) is 0 Å². The van der Waals surface area contributed by atoms with Gasteiger partial charge in [0.25, 0.3) is 5.91 Å². The number of halogens is 2. The van der Waals surface area contributed by atoms with E-state index in [0.717, 1.165) is 8.26 Å². The lowest BCUT2D eigenvalue weighted by atomic mass is 10.2. The lowest BCUT2D eigenvalue weighted by Crippen LogP contribution is -2.33. The fourth-order valence-electron chi connectivity index (χ4n) is 0.892. The second kappa shape index (κ2) is 6.09. The number of amides is 1. The number of nitrogens with one attached hydrogen (secondary N) is 1. The first-order valence-electron chi connectivity index (χ1n) is 4.44. The van der Waals surface area contributed by atoms with Crippen molar-refractivity contribution in [2.75, 3.05) is 6.54 Å². The summed E-state index contributed by atoms with van der Waals surface area (Å²) in [6.45, 7) is 2.34. The SMILES string of the molecule is CC(CNC(=O)c1cc(Br)c(Br)s1)C(N)=S. The van der Waals surface area contributed by atoms with Gasteiger partial charge in [-0.2, -0.15) is 0 Å². The van der Waals surface area contributed by atoms with Crippen LogP contribution in [0.15, 0.2) is 14.3 Å². The predicted octanol–water partition coefficient (Wildman–Crippen LogP) is 2.93. The minimum Gasteiger partial charge on any atom is -0.393 e. The van der Waals surface area contributed by atoms with Crippen LogP contribution in [-0.4, -0.2) is 17.4 Å². The van der Waals surface area contributed by atoms with Crippen LogP contribution < -0.4 is 11.1 Å². The van der Waals surface area contributed by atoms with Gasteiger partial charge in [-0.15, -0.1) is 11.3 Å². The van der Waals surface area contributed by atoms with E-state index in [1.807, 2.05) is 6.92 Å². The molecule has 0 aromatic carbocycles. The second-order valence-corrected chi connectivity index (χ2v) is 6.94. The van der Waals surface area contributed by atoms with E-state index in [2.05, 4.69) is 37.2 Å². The second-order valence-electron chi connectivity index (χ2n) is 3.25.